The van der Waals surface area contributed by atoms with Crippen molar-refractivity contribution >= 4 is 17.3 Å². The van der Waals surface area contributed by atoms with Gasteiger partial charge in [0.15, 0.2) is 5.76 Å². The summed E-state index contributed by atoms with van der Waals surface area (Å²) in [5, 5.41) is 2.88. The molecule has 1 amide bonds. The predicted octanol–water partition coefficient (Wildman–Crippen LogP) is 4.16. The van der Waals surface area contributed by atoms with E-state index >= 15 is 0 Å². The molecule has 0 saturated carbocycles. The third-order valence-corrected chi connectivity index (χ3v) is 5.08. The lowest BCUT2D eigenvalue weighted by atomic mass is 10.2. The van der Waals surface area contributed by atoms with Crippen LogP contribution >= 0.6 is 0 Å². The Morgan fingerprint density at radius 3 is 2.29 bits per heavy atom. The quantitative estimate of drug-likeness (QED) is 0.727. The summed E-state index contributed by atoms with van der Waals surface area (Å²) >= 11 is 0. The van der Waals surface area contributed by atoms with E-state index in [9.17, 15) is 4.79 Å². The first-order chi connectivity index (χ1) is 13.7. The maximum absolute atomic E-state index is 12.2. The topological polar surface area (TPSA) is 48.7 Å². The van der Waals surface area contributed by atoms with Gasteiger partial charge in [-0.05, 0) is 48.9 Å². The van der Waals surface area contributed by atoms with Crippen molar-refractivity contribution < 1.29 is 9.21 Å². The minimum absolute atomic E-state index is 0.227. The largest absolute Gasteiger partial charge is 0.456 e. The Kier molecular flexibility index (Phi) is 5.44. The molecule has 1 N–H and O–H groups in total. The molecule has 1 aliphatic heterocycles. The van der Waals surface area contributed by atoms with Gasteiger partial charge in [0, 0.05) is 44.1 Å². The van der Waals surface area contributed by atoms with Crippen LogP contribution < -0.4 is 10.2 Å². The number of benzene rings is 2. The highest BCUT2D eigenvalue weighted by Crippen LogP contribution is 2.21. The third-order valence-electron chi connectivity index (χ3n) is 5.08. The molecule has 1 aromatic heterocycles. The van der Waals surface area contributed by atoms with Crippen molar-refractivity contribution in [2.24, 2.45) is 0 Å². The van der Waals surface area contributed by atoms with Gasteiger partial charge in [0.1, 0.15) is 5.76 Å². The van der Waals surface area contributed by atoms with Crippen molar-refractivity contribution in [3.05, 3.63) is 83.8 Å². The monoisotopic (exact) mass is 375 g/mol. The van der Waals surface area contributed by atoms with Crippen molar-refractivity contribution in [3.63, 3.8) is 0 Å². The number of furan rings is 1. The van der Waals surface area contributed by atoms with Gasteiger partial charge in [-0.25, -0.2) is 0 Å². The summed E-state index contributed by atoms with van der Waals surface area (Å²) in [5.41, 5.74) is 3.32. The number of carbonyl (C=O) groups excluding carboxylic acids is 1. The van der Waals surface area contributed by atoms with Crippen LogP contribution in [-0.2, 0) is 6.54 Å². The zero-order valence-electron chi connectivity index (χ0n) is 16.1. The Hall–Kier alpha value is -3.05. The number of amides is 1. The van der Waals surface area contributed by atoms with Gasteiger partial charge in [-0.1, -0.05) is 30.3 Å². The predicted molar refractivity (Wildman–Crippen MR) is 112 cm³/mol. The second-order valence-corrected chi connectivity index (χ2v) is 7.16. The van der Waals surface area contributed by atoms with Crippen molar-refractivity contribution in [1.82, 2.24) is 4.90 Å². The van der Waals surface area contributed by atoms with Gasteiger partial charge in [0.2, 0.25) is 0 Å². The molecule has 0 unspecified atom stereocenters. The molecule has 1 aliphatic rings. The summed E-state index contributed by atoms with van der Waals surface area (Å²) in [6.07, 6.45) is 0. The van der Waals surface area contributed by atoms with E-state index < -0.39 is 0 Å². The van der Waals surface area contributed by atoms with Gasteiger partial charge in [-0.2, -0.15) is 0 Å². The van der Waals surface area contributed by atoms with Crippen LogP contribution in [0.25, 0.3) is 0 Å². The molecule has 0 radical (unpaired) electrons. The standard InChI is InChI=1S/C23H25N3O2/c1-18-7-12-22(28-18)23(27)24-20-8-10-21(11-9-20)26-15-13-25(14-16-26)17-19-5-3-2-4-6-19/h2-12H,13-17H2,1H3,(H,24,27). The molecule has 1 saturated heterocycles. The van der Waals surface area contributed by atoms with Gasteiger partial charge in [0.05, 0.1) is 0 Å². The summed E-state index contributed by atoms with van der Waals surface area (Å²) in [6, 6.07) is 22.1. The fourth-order valence-corrected chi connectivity index (χ4v) is 3.51. The zero-order valence-corrected chi connectivity index (χ0v) is 16.1. The first-order valence-corrected chi connectivity index (χ1v) is 9.66. The number of piperazine rings is 1. The van der Waals surface area contributed by atoms with E-state index in [1.807, 2.05) is 19.1 Å². The molecular formula is C23H25N3O2. The minimum Gasteiger partial charge on any atom is -0.456 e. The molecule has 2 aromatic carbocycles. The minimum atomic E-state index is -0.227. The Labute approximate surface area is 165 Å². The van der Waals surface area contributed by atoms with Crippen LogP contribution in [0.1, 0.15) is 21.9 Å². The molecule has 0 bridgehead atoms. The van der Waals surface area contributed by atoms with Crippen LogP contribution in [-0.4, -0.2) is 37.0 Å². The van der Waals surface area contributed by atoms with E-state index in [0.29, 0.717) is 5.76 Å². The van der Waals surface area contributed by atoms with Crippen LogP contribution in [0.3, 0.4) is 0 Å². The number of rotatable bonds is 5. The molecule has 0 aliphatic carbocycles. The van der Waals surface area contributed by atoms with Crippen LogP contribution in [0.4, 0.5) is 11.4 Å². The zero-order chi connectivity index (χ0) is 19.3. The number of hydrogen-bond acceptors (Lipinski definition) is 4. The molecule has 144 valence electrons. The first kappa shape index (κ1) is 18.3. The molecule has 3 aromatic rings. The second kappa shape index (κ2) is 8.31. The Morgan fingerprint density at radius 2 is 1.64 bits per heavy atom. The molecule has 5 heteroatoms. The number of aryl methyl sites for hydroxylation is 1. The van der Waals surface area contributed by atoms with Crippen molar-refractivity contribution in [1.29, 1.82) is 0 Å². The van der Waals surface area contributed by atoms with Crippen molar-refractivity contribution in [2.75, 3.05) is 36.4 Å². The Morgan fingerprint density at radius 1 is 0.929 bits per heavy atom. The Balaban J connectivity index is 1.30. The van der Waals surface area contributed by atoms with E-state index in [-0.39, 0.29) is 5.91 Å². The number of nitrogens with one attached hydrogen (secondary N) is 1. The molecule has 4 rings (SSSR count). The highest BCUT2D eigenvalue weighted by atomic mass is 16.3. The maximum Gasteiger partial charge on any atom is 0.291 e. The van der Waals surface area contributed by atoms with Gasteiger partial charge < -0.3 is 14.6 Å². The Bertz CT molecular complexity index is 911. The highest BCUT2D eigenvalue weighted by Gasteiger charge is 2.17. The number of carbonyl (C=O) groups is 1. The summed E-state index contributed by atoms with van der Waals surface area (Å²) in [5.74, 6) is 0.832. The van der Waals surface area contributed by atoms with E-state index in [2.05, 4.69) is 57.6 Å². The first-order valence-electron chi connectivity index (χ1n) is 9.66. The summed E-state index contributed by atoms with van der Waals surface area (Å²) in [6.45, 7) is 6.93. The number of hydrogen-bond donors (Lipinski definition) is 1. The summed E-state index contributed by atoms with van der Waals surface area (Å²) in [4.78, 5) is 17.1. The second-order valence-electron chi connectivity index (χ2n) is 7.16. The lowest BCUT2D eigenvalue weighted by Crippen LogP contribution is -2.45. The van der Waals surface area contributed by atoms with Crippen LogP contribution in [0, 0.1) is 6.92 Å². The van der Waals surface area contributed by atoms with Crippen molar-refractivity contribution in [3.8, 4) is 0 Å². The number of nitrogens with zero attached hydrogens (tertiary/aromatic N) is 2. The molecule has 0 atom stereocenters. The third kappa shape index (κ3) is 4.43. The lowest BCUT2D eigenvalue weighted by Gasteiger charge is -2.36. The van der Waals surface area contributed by atoms with Gasteiger partial charge in [-0.3, -0.25) is 9.69 Å². The van der Waals surface area contributed by atoms with Gasteiger partial charge >= 0.3 is 0 Å². The summed E-state index contributed by atoms with van der Waals surface area (Å²) in [7, 11) is 0. The maximum atomic E-state index is 12.2. The molecular weight excluding hydrogens is 350 g/mol. The fraction of sp³-hybridized carbons (Fsp3) is 0.261. The van der Waals surface area contributed by atoms with Gasteiger partial charge in [0.25, 0.3) is 5.91 Å². The lowest BCUT2D eigenvalue weighted by molar-refractivity contribution is 0.0995. The van der Waals surface area contributed by atoms with E-state index in [4.69, 9.17) is 4.42 Å². The molecule has 0 spiro atoms. The summed E-state index contributed by atoms with van der Waals surface area (Å²) < 4.78 is 5.36. The van der Waals surface area contributed by atoms with E-state index in [1.54, 1.807) is 12.1 Å². The van der Waals surface area contributed by atoms with Gasteiger partial charge in [-0.15, -0.1) is 0 Å². The normalized spacial score (nSPS) is 14.8. The average Bonchev–Trinajstić information content (AvgIpc) is 3.17. The molecule has 2 heterocycles. The SMILES string of the molecule is Cc1ccc(C(=O)Nc2ccc(N3CCN(Cc4ccccc4)CC3)cc2)o1. The molecule has 28 heavy (non-hydrogen) atoms. The van der Waals surface area contributed by atoms with E-state index in [0.717, 1.165) is 44.2 Å². The van der Waals surface area contributed by atoms with E-state index in [1.165, 1.54) is 11.3 Å². The molecule has 5 nitrogen and oxygen atoms in total. The fourth-order valence-electron chi connectivity index (χ4n) is 3.51. The average molecular weight is 375 g/mol. The van der Waals surface area contributed by atoms with Crippen LogP contribution in [0.5, 0.6) is 0 Å². The van der Waals surface area contributed by atoms with Crippen molar-refractivity contribution in [2.45, 2.75) is 13.5 Å². The smallest absolute Gasteiger partial charge is 0.291 e. The van der Waals surface area contributed by atoms with Crippen LogP contribution in [0.15, 0.2) is 71.1 Å². The highest BCUT2D eigenvalue weighted by molar-refractivity contribution is 6.02. The molecule has 1 fully saturated rings. The number of anilines is 2. The van der Waals surface area contributed by atoms with Crippen LogP contribution in [0.2, 0.25) is 0 Å².